The number of allylic oxidation sites excluding steroid dienone is 1. The van der Waals surface area contributed by atoms with Crippen LogP contribution in [-0.4, -0.2) is 12.6 Å². The summed E-state index contributed by atoms with van der Waals surface area (Å²) >= 11 is 0. The van der Waals surface area contributed by atoms with Gasteiger partial charge in [0.15, 0.2) is 0 Å². The number of carbonyl (C=O) groups is 1. The minimum Gasteiger partial charge on any atom is -0.458 e. The van der Waals surface area contributed by atoms with Crippen LogP contribution < -0.4 is 0 Å². The van der Waals surface area contributed by atoms with Gasteiger partial charge >= 0.3 is 5.97 Å². The van der Waals surface area contributed by atoms with Crippen molar-refractivity contribution in [2.45, 2.75) is 32.6 Å². The molecule has 2 nitrogen and oxygen atoms in total. The molecule has 0 aromatic rings. The molecule has 1 unspecified atom stereocenters. The minimum atomic E-state index is -0.263. The molecule has 1 fully saturated rings. The third-order valence-electron chi connectivity index (χ3n) is 3.15. The topological polar surface area (TPSA) is 26.3 Å². The molecule has 0 spiro atoms. The maximum Gasteiger partial charge on any atom is 0.333 e. The van der Waals surface area contributed by atoms with Crippen molar-refractivity contribution < 1.29 is 9.53 Å². The second-order valence-electron chi connectivity index (χ2n) is 4.38. The van der Waals surface area contributed by atoms with Crippen molar-refractivity contribution >= 4 is 5.97 Å². The molecular formula is C12H16O2. The van der Waals surface area contributed by atoms with Gasteiger partial charge in [0.05, 0.1) is 0 Å². The third kappa shape index (κ3) is 1.74. The van der Waals surface area contributed by atoms with E-state index in [2.05, 4.69) is 6.58 Å². The third-order valence-corrected chi connectivity index (χ3v) is 3.15. The minimum absolute atomic E-state index is 0.263. The summed E-state index contributed by atoms with van der Waals surface area (Å²) in [4.78, 5) is 11.2. The van der Waals surface area contributed by atoms with Gasteiger partial charge in [-0.25, -0.2) is 4.79 Å². The quantitative estimate of drug-likeness (QED) is 0.390. The maximum atomic E-state index is 11.2. The van der Waals surface area contributed by atoms with Crippen LogP contribution >= 0.6 is 0 Å². The van der Waals surface area contributed by atoms with Gasteiger partial charge in [-0.1, -0.05) is 12.2 Å². The van der Waals surface area contributed by atoms with E-state index in [4.69, 9.17) is 4.74 Å². The van der Waals surface area contributed by atoms with Crippen LogP contribution in [0.1, 0.15) is 32.6 Å². The molecule has 76 valence electrons. The van der Waals surface area contributed by atoms with Crippen LogP contribution in [-0.2, 0) is 9.53 Å². The van der Waals surface area contributed by atoms with Crippen LogP contribution in [0.25, 0.3) is 0 Å². The molecule has 0 radical (unpaired) electrons. The molecule has 14 heavy (non-hydrogen) atoms. The zero-order valence-corrected chi connectivity index (χ0v) is 8.64. The van der Waals surface area contributed by atoms with Gasteiger partial charge in [-0.2, -0.15) is 0 Å². The summed E-state index contributed by atoms with van der Waals surface area (Å²) in [6.07, 6.45) is 4.97. The smallest absolute Gasteiger partial charge is 0.333 e. The molecule has 0 N–H and O–H groups in total. The number of esters is 1. The van der Waals surface area contributed by atoms with Gasteiger partial charge in [0, 0.05) is 5.57 Å². The van der Waals surface area contributed by atoms with E-state index in [0.29, 0.717) is 12.2 Å². The molecule has 0 saturated heterocycles. The lowest BCUT2D eigenvalue weighted by molar-refractivity contribution is -0.138. The normalized spacial score (nSPS) is 24.2. The second kappa shape index (κ2) is 3.60. The van der Waals surface area contributed by atoms with Gasteiger partial charge in [-0.05, 0) is 44.1 Å². The van der Waals surface area contributed by atoms with E-state index in [-0.39, 0.29) is 5.97 Å². The first-order valence-corrected chi connectivity index (χ1v) is 5.19. The van der Waals surface area contributed by atoms with Crippen LogP contribution in [0.15, 0.2) is 23.3 Å². The molecule has 1 atom stereocenters. The van der Waals surface area contributed by atoms with Gasteiger partial charge < -0.3 is 4.74 Å². The van der Waals surface area contributed by atoms with E-state index in [1.165, 1.54) is 24.8 Å². The van der Waals surface area contributed by atoms with Crippen LogP contribution in [0.3, 0.4) is 0 Å². The summed E-state index contributed by atoms with van der Waals surface area (Å²) in [6, 6.07) is 0. The summed E-state index contributed by atoms with van der Waals surface area (Å²) in [5.74, 6) is 0.587. The lowest BCUT2D eigenvalue weighted by atomic mass is 10.00. The Morgan fingerprint density at radius 3 is 2.86 bits per heavy atom. The predicted molar refractivity (Wildman–Crippen MR) is 54.8 cm³/mol. The molecule has 2 bridgehead atoms. The number of carbonyl (C=O) groups excluding carboxylic acids is 1. The lowest BCUT2D eigenvalue weighted by Crippen LogP contribution is -2.09. The van der Waals surface area contributed by atoms with Gasteiger partial charge in [-0.15, -0.1) is 0 Å². The van der Waals surface area contributed by atoms with E-state index < -0.39 is 0 Å². The average molecular weight is 192 g/mol. The molecule has 2 rings (SSSR count). The van der Waals surface area contributed by atoms with Crippen LogP contribution in [0, 0.1) is 5.92 Å². The van der Waals surface area contributed by atoms with Crippen LogP contribution in [0.5, 0.6) is 0 Å². The van der Waals surface area contributed by atoms with Gasteiger partial charge in [0.25, 0.3) is 0 Å². The highest BCUT2D eigenvalue weighted by Gasteiger charge is 2.30. The van der Waals surface area contributed by atoms with Gasteiger partial charge in [0.2, 0.25) is 0 Å². The molecule has 0 aliphatic heterocycles. The molecule has 2 aliphatic carbocycles. The van der Waals surface area contributed by atoms with Gasteiger partial charge in [-0.3, -0.25) is 0 Å². The Morgan fingerprint density at radius 1 is 1.57 bits per heavy atom. The highest BCUT2D eigenvalue weighted by Crippen LogP contribution is 2.43. The Kier molecular flexibility index (Phi) is 2.44. The maximum absolute atomic E-state index is 11.2. The first-order valence-electron chi connectivity index (χ1n) is 5.19. The largest absolute Gasteiger partial charge is 0.458 e. The highest BCUT2D eigenvalue weighted by molar-refractivity contribution is 5.87. The molecular weight excluding hydrogens is 176 g/mol. The Hall–Kier alpha value is -1.05. The molecule has 1 saturated carbocycles. The lowest BCUT2D eigenvalue weighted by Gasteiger charge is -2.12. The Morgan fingerprint density at radius 2 is 2.36 bits per heavy atom. The van der Waals surface area contributed by atoms with Crippen molar-refractivity contribution in [3.63, 3.8) is 0 Å². The van der Waals surface area contributed by atoms with Crippen molar-refractivity contribution in [3.8, 4) is 0 Å². The van der Waals surface area contributed by atoms with Gasteiger partial charge in [0.1, 0.15) is 6.61 Å². The van der Waals surface area contributed by atoms with Crippen LogP contribution in [0.2, 0.25) is 0 Å². The Labute approximate surface area is 84.6 Å². The van der Waals surface area contributed by atoms with Crippen molar-refractivity contribution in [2.75, 3.05) is 6.61 Å². The van der Waals surface area contributed by atoms with Crippen LogP contribution in [0.4, 0.5) is 0 Å². The summed E-state index contributed by atoms with van der Waals surface area (Å²) in [5.41, 5.74) is 3.40. The van der Waals surface area contributed by atoms with E-state index in [9.17, 15) is 4.79 Å². The summed E-state index contributed by atoms with van der Waals surface area (Å²) < 4.78 is 5.14. The monoisotopic (exact) mass is 192 g/mol. The fourth-order valence-corrected chi connectivity index (χ4v) is 2.36. The predicted octanol–water partition coefficient (Wildman–Crippen LogP) is 2.61. The summed E-state index contributed by atoms with van der Waals surface area (Å²) in [7, 11) is 0. The van der Waals surface area contributed by atoms with Crippen molar-refractivity contribution in [1.29, 1.82) is 0 Å². The van der Waals surface area contributed by atoms with E-state index in [1.807, 2.05) is 0 Å². The first kappa shape index (κ1) is 9.50. The fraction of sp³-hybridized carbons (Fsp3) is 0.583. The zero-order chi connectivity index (χ0) is 10.1. The Bertz CT molecular complexity index is 312. The van der Waals surface area contributed by atoms with Crippen molar-refractivity contribution in [1.82, 2.24) is 0 Å². The summed E-state index contributed by atoms with van der Waals surface area (Å²) in [6.45, 7) is 5.74. The van der Waals surface area contributed by atoms with E-state index in [1.54, 1.807) is 12.5 Å². The molecule has 0 amide bonds. The van der Waals surface area contributed by atoms with Crippen molar-refractivity contribution in [3.05, 3.63) is 23.3 Å². The number of hydrogen-bond donors (Lipinski definition) is 0. The zero-order valence-electron chi connectivity index (χ0n) is 8.64. The standard InChI is InChI=1S/C12H16O2/c1-8(2)12(13)14-7-11-6-9-3-4-10(11)5-9/h9H,1,3-7H2,2H3. The molecule has 0 aromatic carbocycles. The molecule has 2 heteroatoms. The molecule has 0 heterocycles. The Balaban J connectivity index is 1.88. The first-order chi connectivity index (χ1) is 6.66. The number of hydrogen-bond acceptors (Lipinski definition) is 2. The van der Waals surface area contributed by atoms with Crippen molar-refractivity contribution in [2.24, 2.45) is 5.92 Å². The average Bonchev–Trinajstić information content (AvgIpc) is 2.74. The summed E-state index contributed by atoms with van der Waals surface area (Å²) in [5, 5.41) is 0. The number of ether oxygens (including phenoxy) is 1. The highest BCUT2D eigenvalue weighted by atomic mass is 16.5. The SMILES string of the molecule is C=C(C)C(=O)OCC1=C2CCC(C2)C1. The number of rotatable bonds is 3. The van der Waals surface area contributed by atoms with E-state index >= 15 is 0 Å². The molecule has 2 aliphatic rings. The number of fused-ring (bicyclic) bond motifs is 2. The van der Waals surface area contributed by atoms with E-state index in [0.717, 1.165) is 12.3 Å². The molecule has 0 aromatic heterocycles. The fourth-order valence-electron chi connectivity index (χ4n) is 2.36. The second-order valence-corrected chi connectivity index (χ2v) is 4.38.